The number of nitrogens with one attached hydrogen (secondary N) is 1. The predicted octanol–water partition coefficient (Wildman–Crippen LogP) is 6.20. The van der Waals surface area contributed by atoms with Crippen molar-refractivity contribution in [2.75, 3.05) is 0 Å². The van der Waals surface area contributed by atoms with Crippen molar-refractivity contribution in [3.8, 4) is 16.3 Å². The quantitative estimate of drug-likeness (QED) is 0.384. The number of alkyl halides is 3. The summed E-state index contributed by atoms with van der Waals surface area (Å²) in [6, 6.07) is 17.6. The molecule has 0 saturated heterocycles. The standard InChI is InChI=1S/C22H15ClF3N3OS/c23-19-11-10-18(31-19)20-14(13-29(28-20)15-6-2-1-3-7-15)12-27-21(30)16-8-4-5-9-17(16)22(24,25)26/h1-11,13H,12H2,(H,27,30). The van der Waals surface area contributed by atoms with Gasteiger partial charge in [-0.05, 0) is 36.4 Å². The molecule has 0 spiro atoms. The van der Waals surface area contributed by atoms with E-state index in [0.717, 1.165) is 22.7 Å². The van der Waals surface area contributed by atoms with Gasteiger partial charge >= 0.3 is 6.18 Å². The van der Waals surface area contributed by atoms with E-state index in [9.17, 15) is 18.0 Å². The van der Waals surface area contributed by atoms with Crippen LogP contribution in [-0.4, -0.2) is 15.7 Å². The number of hydrogen-bond donors (Lipinski definition) is 1. The third-order valence-electron chi connectivity index (χ3n) is 4.53. The van der Waals surface area contributed by atoms with Crippen LogP contribution < -0.4 is 5.32 Å². The van der Waals surface area contributed by atoms with Gasteiger partial charge in [0.15, 0.2) is 0 Å². The second-order valence-electron chi connectivity index (χ2n) is 6.61. The van der Waals surface area contributed by atoms with E-state index in [1.807, 2.05) is 36.4 Å². The minimum Gasteiger partial charge on any atom is -0.348 e. The zero-order valence-electron chi connectivity index (χ0n) is 15.9. The second-order valence-corrected chi connectivity index (χ2v) is 8.33. The highest BCUT2D eigenvalue weighted by Crippen LogP contribution is 2.34. The summed E-state index contributed by atoms with van der Waals surface area (Å²) in [5.41, 5.74) is 0.667. The lowest BCUT2D eigenvalue weighted by Gasteiger charge is -2.12. The van der Waals surface area contributed by atoms with Gasteiger partial charge in [0.1, 0.15) is 5.69 Å². The largest absolute Gasteiger partial charge is 0.417 e. The number of nitrogens with zero attached hydrogens (tertiary/aromatic N) is 2. The molecule has 2 aromatic carbocycles. The number of benzene rings is 2. The first kappa shape index (κ1) is 21.1. The van der Waals surface area contributed by atoms with Crippen LogP contribution >= 0.6 is 22.9 Å². The predicted molar refractivity (Wildman–Crippen MR) is 115 cm³/mol. The summed E-state index contributed by atoms with van der Waals surface area (Å²) >= 11 is 7.39. The molecule has 2 heterocycles. The Hall–Kier alpha value is -3.10. The average Bonchev–Trinajstić information content (AvgIpc) is 3.38. The van der Waals surface area contributed by atoms with E-state index in [-0.39, 0.29) is 6.54 Å². The van der Waals surface area contributed by atoms with Gasteiger partial charge in [0.25, 0.3) is 5.91 Å². The molecule has 2 aromatic heterocycles. The first-order valence-corrected chi connectivity index (χ1v) is 10.4. The fourth-order valence-electron chi connectivity index (χ4n) is 3.10. The zero-order valence-corrected chi connectivity index (χ0v) is 17.4. The number of thiophene rings is 1. The molecule has 0 unspecified atom stereocenters. The van der Waals surface area contributed by atoms with Gasteiger partial charge in [0.2, 0.25) is 0 Å². The fourth-order valence-corrected chi connectivity index (χ4v) is 4.16. The van der Waals surface area contributed by atoms with Crippen molar-refractivity contribution in [1.29, 1.82) is 0 Å². The van der Waals surface area contributed by atoms with Gasteiger partial charge in [-0.2, -0.15) is 18.3 Å². The van der Waals surface area contributed by atoms with Crippen LogP contribution in [0.1, 0.15) is 21.5 Å². The zero-order chi connectivity index (χ0) is 22.0. The van der Waals surface area contributed by atoms with Crippen LogP contribution in [0, 0.1) is 0 Å². The van der Waals surface area contributed by atoms with Crippen LogP contribution in [0.3, 0.4) is 0 Å². The van der Waals surface area contributed by atoms with E-state index in [1.165, 1.54) is 23.5 Å². The molecule has 158 valence electrons. The van der Waals surface area contributed by atoms with Crippen LogP contribution in [0.5, 0.6) is 0 Å². The molecule has 1 amide bonds. The highest BCUT2D eigenvalue weighted by atomic mass is 35.5. The Balaban J connectivity index is 1.64. The highest BCUT2D eigenvalue weighted by molar-refractivity contribution is 7.19. The van der Waals surface area contributed by atoms with Crippen molar-refractivity contribution >= 4 is 28.8 Å². The van der Waals surface area contributed by atoms with Crippen LogP contribution in [0.4, 0.5) is 13.2 Å². The Bertz CT molecular complexity index is 1220. The third kappa shape index (κ3) is 4.65. The van der Waals surface area contributed by atoms with Gasteiger partial charge in [-0.15, -0.1) is 11.3 Å². The molecule has 0 aliphatic rings. The number of amides is 1. The summed E-state index contributed by atoms with van der Waals surface area (Å²) in [6.45, 7) is 0.00269. The molecule has 1 N–H and O–H groups in total. The van der Waals surface area contributed by atoms with Crippen LogP contribution in [0.15, 0.2) is 72.9 Å². The van der Waals surface area contributed by atoms with E-state index in [0.29, 0.717) is 15.6 Å². The molecular weight excluding hydrogens is 447 g/mol. The van der Waals surface area contributed by atoms with E-state index in [4.69, 9.17) is 11.6 Å². The molecule has 0 aliphatic heterocycles. The number of para-hydroxylation sites is 1. The van der Waals surface area contributed by atoms with Crippen molar-refractivity contribution in [2.45, 2.75) is 12.7 Å². The molecule has 4 aromatic rings. The van der Waals surface area contributed by atoms with Crippen LogP contribution in [0.25, 0.3) is 16.3 Å². The van der Waals surface area contributed by atoms with E-state index in [1.54, 1.807) is 16.9 Å². The van der Waals surface area contributed by atoms with Crippen molar-refractivity contribution in [3.05, 3.63) is 94.0 Å². The lowest BCUT2D eigenvalue weighted by atomic mass is 10.1. The molecule has 0 atom stereocenters. The normalized spacial score (nSPS) is 11.5. The summed E-state index contributed by atoms with van der Waals surface area (Å²) in [5.74, 6) is -0.810. The van der Waals surface area contributed by atoms with Crippen molar-refractivity contribution < 1.29 is 18.0 Å². The topological polar surface area (TPSA) is 46.9 Å². The van der Waals surface area contributed by atoms with Gasteiger partial charge in [-0.3, -0.25) is 4.79 Å². The van der Waals surface area contributed by atoms with Gasteiger partial charge in [0, 0.05) is 18.3 Å². The molecule has 0 saturated carbocycles. The minimum atomic E-state index is -4.62. The summed E-state index contributed by atoms with van der Waals surface area (Å²) in [7, 11) is 0. The van der Waals surface area contributed by atoms with Crippen LogP contribution in [0.2, 0.25) is 4.34 Å². The van der Waals surface area contributed by atoms with Crippen molar-refractivity contribution in [2.24, 2.45) is 0 Å². The van der Waals surface area contributed by atoms with Gasteiger partial charge in [-0.25, -0.2) is 4.68 Å². The maximum atomic E-state index is 13.2. The summed E-state index contributed by atoms with van der Waals surface area (Å²) in [6.07, 6.45) is -2.88. The number of hydrogen-bond acceptors (Lipinski definition) is 3. The van der Waals surface area contributed by atoms with Crippen molar-refractivity contribution in [3.63, 3.8) is 0 Å². The monoisotopic (exact) mass is 461 g/mol. The van der Waals surface area contributed by atoms with Crippen molar-refractivity contribution in [1.82, 2.24) is 15.1 Å². The molecule has 4 nitrogen and oxygen atoms in total. The maximum absolute atomic E-state index is 13.2. The van der Waals surface area contributed by atoms with Gasteiger partial charge in [0.05, 0.1) is 26.0 Å². The van der Waals surface area contributed by atoms with Gasteiger partial charge < -0.3 is 5.32 Å². The average molecular weight is 462 g/mol. The molecular formula is C22H15ClF3N3OS. The van der Waals surface area contributed by atoms with E-state index < -0.39 is 23.2 Å². The Morgan fingerprint density at radius 1 is 1.03 bits per heavy atom. The molecule has 0 aliphatic carbocycles. The Labute approximate surface area is 184 Å². The number of halogens is 4. The Morgan fingerprint density at radius 2 is 1.74 bits per heavy atom. The maximum Gasteiger partial charge on any atom is 0.417 e. The van der Waals surface area contributed by atoms with E-state index >= 15 is 0 Å². The molecule has 0 radical (unpaired) electrons. The molecule has 0 bridgehead atoms. The van der Waals surface area contributed by atoms with Gasteiger partial charge in [-0.1, -0.05) is 41.9 Å². The third-order valence-corrected chi connectivity index (χ3v) is 5.77. The number of aromatic nitrogens is 2. The lowest BCUT2D eigenvalue weighted by Crippen LogP contribution is -2.25. The first-order valence-electron chi connectivity index (χ1n) is 9.17. The molecule has 0 fully saturated rings. The second kappa shape index (κ2) is 8.56. The lowest BCUT2D eigenvalue weighted by molar-refractivity contribution is -0.137. The summed E-state index contributed by atoms with van der Waals surface area (Å²) < 4.78 is 42.0. The van der Waals surface area contributed by atoms with E-state index in [2.05, 4.69) is 10.4 Å². The fraction of sp³-hybridized carbons (Fsp3) is 0.0909. The molecule has 31 heavy (non-hydrogen) atoms. The smallest absolute Gasteiger partial charge is 0.348 e. The molecule has 9 heteroatoms. The summed E-state index contributed by atoms with van der Waals surface area (Å²) in [4.78, 5) is 13.3. The SMILES string of the molecule is O=C(NCc1cn(-c2ccccc2)nc1-c1ccc(Cl)s1)c1ccccc1C(F)(F)F. The molecule has 4 rings (SSSR count). The minimum absolute atomic E-state index is 0.00269. The Morgan fingerprint density at radius 3 is 2.42 bits per heavy atom. The number of carbonyl (C=O) groups is 1. The highest BCUT2D eigenvalue weighted by Gasteiger charge is 2.34. The number of rotatable bonds is 5. The van der Waals surface area contributed by atoms with Crippen LogP contribution in [-0.2, 0) is 12.7 Å². The first-order chi connectivity index (χ1) is 14.8. The summed E-state index contributed by atoms with van der Waals surface area (Å²) in [5, 5.41) is 7.20. The number of carbonyl (C=O) groups excluding carboxylic acids is 1. The Kier molecular flexibility index (Phi) is 5.84.